The third kappa shape index (κ3) is 5.11. The van der Waals surface area contributed by atoms with Gasteiger partial charge in [-0.25, -0.2) is 14.2 Å². The molecule has 0 atom stereocenters. The maximum absolute atomic E-state index is 14.7. The maximum atomic E-state index is 14.7. The zero-order valence-electron chi connectivity index (χ0n) is 18.4. The molecule has 1 aliphatic rings. The van der Waals surface area contributed by atoms with Crippen LogP contribution in [-0.4, -0.2) is 33.8 Å². The third-order valence-corrected chi connectivity index (χ3v) is 7.43. The topological polar surface area (TPSA) is 93.1 Å². The molecule has 4 rings (SSSR count). The fraction of sp³-hybridized carbons (Fsp3) is 0.391. The van der Waals surface area contributed by atoms with Crippen LogP contribution in [0.3, 0.4) is 0 Å². The molecule has 0 fully saturated rings. The van der Waals surface area contributed by atoms with Crippen molar-refractivity contribution in [2.24, 2.45) is 5.92 Å². The monoisotopic (exact) mass is 488 g/mol. The third-order valence-electron chi connectivity index (χ3n) is 5.31. The number of carbonyl (C=O) groups excluding carboxylic acids is 2. The van der Waals surface area contributed by atoms with Crippen molar-refractivity contribution in [3.63, 3.8) is 0 Å². The van der Waals surface area contributed by atoms with Gasteiger partial charge in [-0.15, -0.1) is 11.3 Å². The highest BCUT2D eigenvalue weighted by atomic mass is 32.2. The van der Waals surface area contributed by atoms with E-state index in [-0.39, 0.29) is 28.1 Å². The molecule has 0 bridgehead atoms. The van der Waals surface area contributed by atoms with Crippen molar-refractivity contribution >= 4 is 45.3 Å². The van der Waals surface area contributed by atoms with Crippen LogP contribution >= 0.6 is 23.1 Å². The number of hydrogen-bond donors (Lipinski definition) is 2. The number of hydrogen-bond acceptors (Lipinski definition) is 6. The van der Waals surface area contributed by atoms with E-state index in [1.54, 1.807) is 12.1 Å². The SMILES string of the molecule is CC(C)CNC(=O)NC(=O)CSc1nc2sc3c(c2c(=O)n1-c1ccccc1F)CCCC3. The van der Waals surface area contributed by atoms with Crippen molar-refractivity contribution in [2.45, 2.75) is 44.7 Å². The van der Waals surface area contributed by atoms with Crippen LogP contribution in [0.15, 0.2) is 34.2 Å². The molecule has 1 aliphatic carbocycles. The molecule has 0 radical (unpaired) electrons. The van der Waals surface area contributed by atoms with E-state index in [2.05, 4.69) is 15.6 Å². The molecule has 2 heterocycles. The van der Waals surface area contributed by atoms with E-state index in [0.29, 0.717) is 16.8 Å². The molecular weight excluding hydrogens is 463 g/mol. The van der Waals surface area contributed by atoms with E-state index in [0.717, 1.165) is 47.9 Å². The van der Waals surface area contributed by atoms with Crippen molar-refractivity contribution in [2.75, 3.05) is 12.3 Å². The molecule has 2 N–H and O–H groups in total. The molecule has 33 heavy (non-hydrogen) atoms. The van der Waals surface area contributed by atoms with Crippen molar-refractivity contribution in [3.05, 3.63) is 50.9 Å². The van der Waals surface area contributed by atoms with Crippen LogP contribution in [0.4, 0.5) is 9.18 Å². The highest BCUT2D eigenvalue weighted by Gasteiger charge is 2.24. The molecular formula is C23H25FN4O3S2. The zero-order valence-corrected chi connectivity index (χ0v) is 20.1. The van der Waals surface area contributed by atoms with Crippen molar-refractivity contribution in [1.82, 2.24) is 20.2 Å². The first-order chi connectivity index (χ1) is 15.8. The minimum atomic E-state index is -0.574. The fourth-order valence-electron chi connectivity index (χ4n) is 3.76. The van der Waals surface area contributed by atoms with Crippen LogP contribution in [0, 0.1) is 11.7 Å². The molecule has 10 heteroatoms. The number of thiophene rings is 1. The number of amides is 3. The lowest BCUT2D eigenvalue weighted by Gasteiger charge is -2.14. The van der Waals surface area contributed by atoms with E-state index in [9.17, 15) is 18.8 Å². The molecule has 3 amide bonds. The van der Waals surface area contributed by atoms with Gasteiger partial charge in [0.2, 0.25) is 5.91 Å². The van der Waals surface area contributed by atoms with Gasteiger partial charge < -0.3 is 5.32 Å². The molecule has 0 saturated heterocycles. The number of fused-ring (bicyclic) bond motifs is 3. The first-order valence-corrected chi connectivity index (χ1v) is 12.7. The summed E-state index contributed by atoms with van der Waals surface area (Å²) in [5, 5.41) is 5.65. The van der Waals surface area contributed by atoms with Crippen LogP contribution in [-0.2, 0) is 17.6 Å². The summed E-state index contributed by atoms with van der Waals surface area (Å²) in [7, 11) is 0. The molecule has 7 nitrogen and oxygen atoms in total. The average molecular weight is 489 g/mol. The van der Waals surface area contributed by atoms with E-state index in [4.69, 9.17) is 0 Å². The van der Waals surface area contributed by atoms with Gasteiger partial charge >= 0.3 is 6.03 Å². The Kier molecular flexibility index (Phi) is 7.14. The average Bonchev–Trinajstić information content (AvgIpc) is 3.16. The highest BCUT2D eigenvalue weighted by molar-refractivity contribution is 7.99. The maximum Gasteiger partial charge on any atom is 0.321 e. The van der Waals surface area contributed by atoms with Gasteiger partial charge in [0.1, 0.15) is 10.6 Å². The number of thioether (sulfide) groups is 1. The minimum absolute atomic E-state index is 0.0882. The van der Waals surface area contributed by atoms with Crippen molar-refractivity contribution < 1.29 is 14.0 Å². The van der Waals surface area contributed by atoms with Gasteiger partial charge in [0.15, 0.2) is 5.16 Å². The lowest BCUT2D eigenvalue weighted by atomic mass is 9.97. The molecule has 0 unspecified atom stereocenters. The number of halogens is 1. The van der Waals surface area contributed by atoms with Gasteiger partial charge in [-0.3, -0.25) is 19.5 Å². The number of nitrogens with zero attached hydrogens (tertiary/aromatic N) is 2. The Hall–Kier alpha value is -2.72. The number of para-hydroxylation sites is 1. The second-order valence-electron chi connectivity index (χ2n) is 8.32. The number of nitrogens with one attached hydrogen (secondary N) is 2. The molecule has 0 spiro atoms. The molecule has 0 aliphatic heterocycles. The summed E-state index contributed by atoms with van der Waals surface area (Å²) in [5.41, 5.74) is 0.771. The molecule has 174 valence electrons. The largest absolute Gasteiger partial charge is 0.338 e. The zero-order chi connectivity index (χ0) is 23.5. The number of benzene rings is 1. The van der Waals surface area contributed by atoms with Crippen LogP contribution < -0.4 is 16.2 Å². The summed E-state index contributed by atoms with van der Waals surface area (Å²) < 4.78 is 15.9. The number of aryl methyl sites for hydroxylation is 2. The Balaban J connectivity index is 1.68. The number of rotatable bonds is 6. The number of imide groups is 1. The lowest BCUT2D eigenvalue weighted by Crippen LogP contribution is -2.41. The van der Waals surface area contributed by atoms with Crippen molar-refractivity contribution in [1.29, 1.82) is 0 Å². The summed E-state index contributed by atoms with van der Waals surface area (Å²) in [6.07, 6.45) is 3.80. The van der Waals surface area contributed by atoms with Gasteiger partial charge in [-0.2, -0.15) is 0 Å². The fourth-order valence-corrected chi connectivity index (χ4v) is 5.87. The second-order valence-corrected chi connectivity index (χ2v) is 10.3. The smallest absolute Gasteiger partial charge is 0.321 e. The Labute approximate surface area is 198 Å². The molecule has 3 aromatic rings. The van der Waals surface area contributed by atoms with E-state index >= 15 is 0 Å². The van der Waals surface area contributed by atoms with E-state index in [1.807, 2.05) is 13.8 Å². The number of aromatic nitrogens is 2. The standard InChI is InChI=1S/C23H25FN4O3S2/c1-13(2)11-25-22(31)26-18(29)12-32-23-27-20-19(14-7-3-6-10-17(14)33-20)21(30)28(23)16-9-5-4-8-15(16)24/h4-5,8-9,13H,3,6-7,10-12H2,1-2H3,(H2,25,26,29,31). The summed E-state index contributed by atoms with van der Waals surface area (Å²) >= 11 is 2.49. The summed E-state index contributed by atoms with van der Waals surface area (Å²) in [6.45, 7) is 4.34. The predicted octanol–water partition coefficient (Wildman–Crippen LogP) is 4.04. The molecule has 0 saturated carbocycles. The summed E-state index contributed by atoms with van der Waals surface area (Å²) in [4.78, 5) is 44.2. The van der Waals surface area contributed by atoms with Crippen LogP contribution in [0.2, 0.25) is 0 Å². The van der Waals surface area contributed by atoms with E-state index in [1.165, 1.54) is 28.0 Å². The van der Waals surface area contributed by atoms with Crippen LogP contribution in [0.25, 0.3) is 15.9 Å². The van der Waals surface area contributed by atoms with Crippen LogP contribution in [0.5, 0.6) is 0 Å². The molecule has 1 aromatic carbocycles. The Morgan fingerprint density at radius 3 is 2.76 bits per heavy atom. The number of carbonyl (C=O) groups is 2. The van der Waals surface area contributed by atoms with Gasteiger partial charge in [-0.05, 0) is 49.3 Å². The summed E-state index contributed by atoms with van der Waals surface area (Å²) in [6, 6.07) is 5.44. The van der Waals surface area contributed by atoms with E-state index < -0.39 is 17.8 Å². The van der Waals surface area contributed by atoms with Gasteiger partial charge in [-0.1, -0.05) is 37.7 Å². The Bertz CT molecular complexity index is 1270. The first-order valence-electron chi connectivity index (χ1n) is 10.9. The van der Waals surface area contributed by atoms with Gasteiger partial charge in [0.25, 0.3) is 5.56 Å². The minimum Gasteiger partial charge on any atom is -0.338 e. The lowest BCUT2D eigenvalue weighted by molar-refractivity contribution is -0.117. The predicted molar refractivity (Wildman–Crippen MR) is 129 cm³/mol. The van der Waals surface area contributed by atoms with Crippen molar-refractivity contribution in [3.8, 4) is 5.69 Å². The first kappa shape index (κ1) is 23.4. The normalized spacial score (nSPS) is 13.2. The van der Waals surface area contributed by atoms with Crippen LogP contribution in [0.1, 0.15) is 37.1 Å². The highest BCUT2D eigenvalue weighted by Crippen LogP contribution is 2.35. The Morgan fingerprint density at radius 1 is 1.24 bits per heavy atom. The summed E-state index contributed by atoms with van der Waals surface area (Å²) in [5.74, 6) is -0.972. The van der Waals surface area contributed by atoms with Gasteiger partial charge in [0.05, 0.1) is 16.8 Å². The quantitative estimate of drug-likeness (QED) is 0.404. The molecule has 2 aromatic heterocycles. The van der Waals surface area contributed by atoms with Gasteiger partial charge in [0, 0.05) is 11.4 Å². The number of urea groups is 1. The second kappa shape index (κ2) is 10.0. The Morgan fingerprint density at radius 2 is 2.00 bits per heavy atom.